The molecule has 1 aliphatic heterocycles. The molecule has 128 valence electrons. The summed E-state index contributed by atoms with van der Waals surface area (Å²) in [6, 6.07) is 2.99. The Kier molecular flexibility index (Phi) is 6.10. The predicted octanol–water partition coefficient (Wildman–Crippen LogP) is 2.20. The zero-order valence-electron chi connectivity index (χ0n) is 13.7. The number of nitrogen functional groups attached to an aromatic ring is 1. The molecule has 7 heteroatoms. The highest BCUT2D eigenvalue weighted by Crippen LogP contribution is 2.29. The topological polar surface area (TPSA) is 74.0 Å². The Balaban J connectivity index is 1.91. The maximum atomic E-state index is 12.2. The lowest BCUT2D eigenvalue weighted by molar-refractivity contribution is -0.0712. The molecule has 2 rings (SSSR count). The van der Waals surface area contributed by atoms with Crippen LogP contribution in [0.1, 0.15) is 24.2 Å². The molecule has 0 bridgehead atoms. The third-order valence-electron chi connectivity index (χ3n) is 3.67. The van der Waals surface area contributed by atoms with E-state index in [-0.39, 0.29) is 17.8 Å². The fourth-order valence-corrected chi connectivity index (χ4v) is 2.87. The lowest BCUT2D eigenvalue weighted by atomic mass is 10.2. The molecular weight excluding hydrogens is 320 g/mol. The van der Waals surface area contributed by atoms with Crippen molar-refractivity contribution >= 4 is 23.3 Å². The van der Waals surface area contributed by atoms with Crippen molar-refractivity contribution in [3.8, 4) is 5.75 Å². The standard InChI is InChI=1S/C16H23ClN2O4/c1-10-8-19(9-11(2)23-10)4-5-22-16(20)12-6-13(17)14(18)7-15(12)21-3/h6-7,10-11H,4-5,8-9,18H2,1-3H3/t10-,11-/m1/s1. The number of nitrogens with zero attached hydrogens (tertiary/aromatic N) is 1. The fraction of sp³-hybridized carbons (Fsp3) is 0.562. The van der Waals surface area contributed by atoms with Gasteiger partial charge in [-0.15, -0.1) is 0 Å². The normalized spacial score (nSPS) is 21.9. The first-order valence-corrected chi connectivity index (χ1v) is 7.96. The molecule has 1 aliphatic rings. The predicted molar refractivity (Wildman–Crippen MR) is 89.1 cm³/mol. The largest absolute Gasteiger partial charge is 0.496 e. The van der Waals surface area contributed by atoms with Crippen LogP contribution in [0.2, 0.25) is 5.02 Å². The molecule has 0 radical (unpaired) electrons. The first-order chi connectivity index (χ1) is 10.9. The average molecular weight is 343 g/mol. The lowest BCUT2D eigenvalue weighted by Gasteiger charge is -2.35. The Morgan fingerprint density at radius 2 is 2.04 bits per heavy atom. The van der Waals surface area contributed by atoms with Crippen LogP contribution >= 0.6 is 11.6 Å². The third kappa shape index (κ3) is 4.73. The van der Waals surface area contributed by atoms with Crippen LogP contribution < -0.4 is 10.5 Å². The summed E-state index contributed by atoms with van der Waals surface area (Å²) in [5.41, 5.74) is 6.34. The molecule has 1 aromatic carbocycles. The SMILES string of the molecule is COc1cc(N)c(Cl)cc1C(=O)OCCN1C[C@@H](C)O[C@H](C)C1. The highest BCUT2D eigenvalue weighted by Gasteiger charge is 2.22. The summed E-state index contributed by atoms with van der Waals surface area (Å²) in [6.07, 6.45) is 0.371. The van der Waals surface area contributed by atoms with E-state index in [4.69, 9.17) is 31.5 Å². The molecule has 0 aromatic heterocycles. The molecule has 0 saturated carbocycles. The number of hydrogen-bond acceptors (Lipinski definition) is 6. The van der Waals surface area contributed by atoms with Crippen LogP contribution in [-0.4, -0.2) is 56.4 Å². The first-order valence-electron chi connectivity index (χ1n) is 7.58. The fourth-order valence-electron chi connectivity index (χ4n) is 2.71. The molecule has 0 amide bonds. The second-order valence-corrected chi connectivity index (χ2v) is 6.13. The van der Waals surface area contributed by atoms with Crippen molar-refractivity contribution in [2.24, 2.45) is 0 Å². The van der Waals surface area contributed by atoms with Gasteiger partial charge in [0.25, 0.3) is 0 Å². The summed E-state index contributed by atoms with van der Waals surface area (Å²) in [7, 11) is 1.47. The van der Waals surface area contributed by atoms with Crippen LogP contribution in [0, 0.1) is 0 Å². The number of ether oxygens (including phenoxy) is 3. The van der Waals surface area contributed by atoms with Gasteiger partial charge in [-0.05, 0) is 19.9 Å². The van der Waals surface area contributed by atoms with E-state index in [2.05, 4.69) is 4.90 Å². The van der Waals surface area contributed by atoms with Crippen molar-refractivity contribution in [3.63, 3.8) is 0 Å². The maximum absolute atomic E-state index is 12.2. The average Bonchev–Trinajstić information content (AvgIpc) is 2.48. The number of carbonyl (C=O) groups is 1. The van der Waals surface area contributed by atoms with Crippen LogP contribution in [-0.2, 0) is 9.47 Å². The summed E-state index contributed by atoms with van der Waals surface area (Å²) < 4.78 is 16.2. The Morgan fingerprint density at radius 3 is 2.65 bits per heavy atom. The zero-order chi connectivity index (χ0) is 17.0. The van der Waals surface area contributed by atoms with E-state index in [1.807, 2.05) is 13.8 Å². The monoisotopic (exact) mass is 342 g/mol. The number of anilines is 1. The molecule has 6 nitrogen and oxygen atoms in total. The highest BCUT2D eigenvalue weighted by molar-refractivity contribution is 6.33. The molecule has 23 heavy (non-hydrogen) atoms. The van der Waals surface area contributed by atoms with Crippen molar-refractivity contribution in [2.75, 3.05) is 39.1 Å². The number of rotatable bonds is 5. The molecule has 0 aliphatic carbocycles. The van der Waals surface area contributed by atoms with Gasteiger partial charge in [0.05, 0.1) is 30.0 Å². The molecule has 2 N–H and O–H groups in total. The minimum atomic E-state index is -0.474. The van der Waals surface area contributed by atoms with Gasteiger partial charge in [0.1, 0.15) is 17.9 Å². The Labute approximate surface area is 141 Å². The molecule has 0 spiro atoms. The van der Waals surface area contributed by atoms with Crippen LogP contribution in [0.25, 0.3) is 0 Å². The van der Waals surface area contributed by atoms with Gasteiger partial charge in [-0.3, -0.25) is 4.90 Å². The molecule has 1 saturated heterocycles. The second kappa shape index (κ2) is 7.86. The first kappa shape index (κ1) is 17.8. The number of benzene rings is 1. The van der Waals surface area contributed by atoms with Gasteiger partial charge in [-0.1, -0.05) is 11.6 Å². The van der Waals surface area contributed by atoms with E-state index >= 15 is 0 Å². The Morgan fingerprint density at radius 1 is 1.39 bits per heavy atom. The summed E-state index contributed by atoms with van der Waals surface area (Å²) in [5, 5.41) is 0.300. The van der Waals surface area contributed by atoms with Gasteiger partial charge in [-0.25, -0.2) is 4.79 Å². The van der Waals surface area contributed by atoms with E-state index < -0.39 is 5.97 Å². The van der Waals surface area contributed by atoms with Gasteiger partial charge in [0, 0.05) is 25.7 Å². The molecule has 0 unspecified atom stereocenters. The van der Waals surface area contributed by atoms with Crippen LogP contribution in [0.15, 0.2) is 12.1 Å². The number of esters is 1. The number of morpholine rings is 1. The van der Waals surface area contributed by atoms with Crippen molar-refractivity contribution in [1.82, 2.24) is 4.90 Å². The van der Waals surface area contributed by atoms with Crippen LogP contribution in [0.5, 0.6) is 5.75 Å². The molecule has 1 heterocycles. The van der Waals surface area contributed by atoms with E-state index in [0.29, 0.717) is 29.6 Å². The number of hydrogen-bond donors (Lipinski definition) is 1. The minimum absolute atomic E-state index is 0.186. The van der Waals surface area contributed by atoms with E-state index in [1.165, 1.54) is 19.2 Å². The molecular formula is C16H23ClN2O4. The van der Waals surface area contributed by atoms with Crippen LogP contribution in [0.3, 0.4) is 0 Å². The van der Waals surface area contributed by atoms with Crippen molar-refractivity contribution in [3.05, 3.63) is 22.7 Å². The van der Waals surface area contributed by atoms with Crippen molar-refractivity contribution in [2.45, 2.75) is 26.1 Å². The van der Waals surface area contributed by atoms with E-state index in [1.54, 1.807) is 0 Å². The molecule has 2 atom stereocenters. The minimum Gasteiger partial charge on any atom is -0.496 e. The van der Waals surface area contributed by atoms with Gasteiger partial charge in [0.15, 0.2) is 0 Å². The van der Waals surface area contributed by atoms with E-state index in [9.17, 15) is 4.79 Å². The number of methoxy groups -OCH3 is 1. The smallest absolute Gasteiger partial charge is 0.342 e. The summed E-state index contributed by atoms with van der Waals surface area (Å²) >= 11 is 5.96. The lowest BCUT2D eigenvalue weighted by Crippen LogP contribution is -2.46. The van der Waals surface area contributed by atoms with Gasteiger partial charge < -0.3 is 19.9 Å². The quantitative estimate of drug-likeness (QED) is 0.653. The maximum Gasteiger partial charge on any atom is 0.342 e. The summed E-state index contributed by atoms with van der Waals surface area (Å²) in [5.74, 6) is -0.122. The number of carbonyl (C=O) groups excluding carboxylic acids is 1. The number of nitrogens with two attached hydrogens (primary N) is 1. The Hall–Kier alpha value is -1.50. The van der Waals surface area contributed by atoms with Crippen molar-refractivity contribution < 1.29 is 19.0 Å². The second-order valence-electron chi connectivity index (χ2n) is 5.73. The Bertz CT molecular complexity index is 557. The van der Waals surface area contributed by atoms with Gasteiger partial charge >= 0.3 is 5.97 Å². The summed E-state index contributed by atoms with van der Waals surface area (Å²) in [4.78, 5) is 14.4. The van der Waals surface area contributed by atoms with Gasteiger partial charge in [-0.2, -0.15) is 0 Å². The van der Waals surface area contributed by atoms with Crippen LogP contribution in [0.4, 0.5) is 5.69 Å². The molecule has 1 aromatic rings. The summed E-state index contributed by atoms with van der Waals surface area (Å²) in [6.45, 7) is 6.70. The highest BCUT2D eigenvalue weighted by atomic mass is 35.5. The van der Waals surface area contributed by atoms with Crippen molar-refractivity contribution in [1.29, 1.82) is 0 Å². The van der Waals surface area contributed by atoms with E-state index in [0.717, 1.165) is 13.1 Å². The van der Waals surface area contributed by atoms with Gasteiger partial charge in [0.2, 0.25) is 0 Å². The molecule has 1 fully saturated rings. The number of halogens is 1. The third-order valence-corrected chi connectivity index (χ3v) is 4.00. The zero-order valence-corrected chi connectivity index (χ0v) is 14.4.